The summed E-state index contributed by atoms with van der Waals surface area (Å²) < 4.78 is 5.58. The van der Waals surface area contributed by atoms with E-state index >= 15 is 0 Å². The van der Waals surface area contributed by atoms with Gasteiger partial charge in [-0.25, -0.2) is 0 Å². The van der Waals surface area contributed by atoms with Crippen molar-refractivity contribution < 1.29 is 38.9 Å². The number of likely N-dealkylation sites (tertiary alicyclic amines) is 1. The number of ether oxygens (including phenoxy) is 1. The van der Waals surface area contributed by atoms with Gasteiger partial charge in [0.1, 0.15) is 0 Å². The summed E-state index contributed by atoms with van der Waals surface area (Å²) in [6, 6.07) is 4.84. The zero-order chi connectivity index (χ0) is 27.3. The molecule has 2 N–H and O–H groups in total. The molecule has 198 valence electrons. The number of allylic oxidation sites excluding steroid dienone is 6. The van der Waals surface area contributed by atoms with Gasteiger partial charge in [-0.2, -0.15) is 0 Å². The number of hydrogen-bond acceptors (Lipinski definition) is 7. The van der Waals surface area contributed by atoms with E-state index in [9.17, 15) is 29.1 Å². The molecule has 0 spiro atoms. The lowest BCUT2D eigenvalue weighted by molar-refractivity contribution is -0.142. The molecule has 1 heterocycles. The molecule has 1 saturated heterocycles. The third-order valence-corrected chi connectivity index (χ3v) is 8.05. The summed E-state index contributed by atoms with van der Waals surface area (Å²) in [5.41, 5.74) is 2.52. The SMILES string of the molecule is CCOc1cc([C@H]2C3=CC[C@@H]4C(=O)N(CCCC(=O)O)C(=O)[C@@H]4[C@@H]3CC3=C2C(=O)C(C)=CC3=O)ccc1O. The number of benzene rings is 1. The van der Waals surface area contributed by atoms with Crippen molar-refractivity contribution in [2.24, 2.45) is 17.8 Å². The quantitative estimate of drug-likeness (QED) is 0.318. The maximum absolute atomic E-state index is 13.6. The van der Waals surface area contributed by atoms with Crippen LogP contribution in [0.1, 0.15) is 51.0 Å². The maximum atomic E-state index is 13.6. The second kappa shape index (κ2) is 9.70. The molecular formula is C29H29NO8. The molecule has 38 heavy (non-hydrogen) atoms. The molecule has 5 rings (SSSR count). The average Bonchev–Trinajstić information content (AvgIpc) is 3.12. The number of rotatable bonds is 7. The summed E-state index contributed by atoms with van der Waals surface area (Å²) in [5, 5.41) is 19.3. The molecule has 0 saturated carbocycles. The van der Waals surface area contributed by atoms with Crippen LogP contribution in [0, 0.1) is 17.8 Å². The molecule has 9 nitrogen and oxygen atoms in total. The third kappa shape index (κ3) is 4.06. The number of imide groups is 1. The zero-order valence-corrected chi connectivity index (χ0v) is 21.2. The van der Waals surface area contributed by atoms with Crippen molar-refractivity contribution in [3.63, 3.8) is 0 Å². The monoisotopic (exact) mass is 519 g/mol. The first kappa shape index (κ1) is 25.6. The van der Waals surface area contributed by atoms with E-state index in [1.54, 1.807) is 26.0 Å². The van der Waals surface area contributed by atoms with Gasteiger partial charge in [-0.3, -0.25) is 28.9 Å². The highest BCUT2D eigenvalue weighted by atomic mass is 16.5. The van der Waals surface area contributed by atoms with Gasteiger partial charge >= 0.3 is 5.97 Å². The highest BCUT2D eigenvalue weighted by molar-refractivity contribution is 6.23. The number of carbonyl (C=O) groups excluding carboxylic acids is 4. The minimum absolute atomic E-state index is 0.0332. The van der Waals surface area contributed by atoms with Crippen LogP contribution in [-0.2, 0) is 24.0 Å². The molecule has 0 bridgehead atoms. The molecule has 0 unspecified atom stereocenters. The Hall–Kier alpha value is -4.01. The zero-order valence-electron chi connectivity index (χ0n) is 21.2. The smallest absolute Gasteiger partial charge is 0.303 e. The van der Waals surface area contributed by atoms with Gasteiger partial charge in [-0.1, -0.05) is 17.7 Å². The Labute approximate surface area is 219 Å². The molecule has 0 radical (unpaired) electrons. The van der Waals surface area contributed by atoms with E-state index in [2.05, 4.69) is 0 Å². The number of aliphatic carboxylic acids is 1. The van der Waals surface area contributed by atoms with Crippen LogP contribution in [0.3, 0.4) is 0 Å². The fourth-order valence-corrected chi connectivity index (χ4v) is 6.40. The molecule has 3 aliphatic carbocycles. The van der Waals surface area contributed by atoms with Crippen molar-refractivity contribution >= 4 is 29.4 Å². The van der Waals surface area contributed by atoms with Gasteiger partial charge in [0, 0.05) is 35.6 Å². The molecule has 4 atom stereocenters. The van der Waals surface area contributed by atoms with E-state index in [0.29, 0.717) is 35.3 Å². The number of phenols is 1. The largest absolute Gasteiger partial charge is 0.504 e. The minimum atomic E-state index is -0.996. The second-order valence-electron chi connectivity index (χ2n) is 10.2. The number of hydrogen-bond donors (Lipinski definition) is 2. The predicted octanol–water partition coefficient (Wildman–Crippen LogP) is 3.09. The highest BCUT2D eigenvalue weighted by Gasteiger charge is 2.56. The van der Waals surface area contributed by atoms with Gasteiger partial charge in [0.25, 0.3) is 0 Å². The van der Waals surface area contributed by atoms with Crippen LogP contribution >= 0.6 is 0 Å². The molecule has 1 fully saturated rings. The summed E-state index contributed by atoms with van der Waals surface area (Å²) in [5.74, 6) is -4.36. The Balaban J connectivity index is 1.59. The number of Topliss-reactive ketones (excluding diaryl/α,β-unsaturated/α-hetero) is 1. The average molecular weight is 520 g/mol. The summed E-state index contributed by atoms with van der Waals surface area (Å²) in [6.07, 6.45) is 3.75. The predicted molar refractivity (Wildman–Crippen MR) is 134 cm³/mol. The Morgan fingerprint density at radius 1 is 1.13 bits per heavy atom. The van der Waals surface area contributed by atoms with Crippen molar-refractivity contribution in [2.45, 2.75) is 45.4 Å². The number of ketones is 2. The van der Waals surface area contributed by atoms with Crippen molar-refractivity contribution in [3.05, 3.63) is 58.2 Å². The first-order valence-electron chi connectivity index (χ1n) is 12.9. The van der Waals surface area contributed by atoms with Gasteiger partial charge in [0.2, 0.25) is 11.8 Å². The number of phenolic OH excluding ortho intramolecular Hbond substituents is 1. The van der Waals surface area contributed by atoms with Crippen LogP contribution in [0.2, 0.25) is 0 Å². The molecule has 0 aromatic heterocycles. The lowest BCUT2D eigenvalue weighted by Crippen LogP contribution is -2.40. The Bertz CT molecular complexity index is 1370. The summed E-state index contributed by atoms with van der Waals surface area (Å²) in [4.78, 5) is 65.5. The van der Waals surface area contributed by atoms with Gasteiger partial charge in [0.15, 0.2) is 23.1 Å². The third-order valence-electron chi connectivity index (χ3n) is 8.05. The van der Waals surface area contributed by atoms with Gasteiger partial charge < -0.3 is 14.9 Å². The van der Waals surface area contributed by atoms with E-state index in [4.69, 9.17) is 9.84 Å². The molecule has 4 aliphatic rings. The number of nitrogens with zero attached hydrogens (tertiary/aromatic N) is 1. The summed E-state index contributed by atoms with van der Waals surface area (Å²) in [7, 11) is 0. The Morgan fingerprint density at radius 3 is 2.61 bits per heavy atom. The standard InChI is InChI=1S/C29H29NO8/c1-3-38-22-12-15(6-9-20(22)31)24-16-7-8-17-25(29(37)30(28(17)36)10-4-5-23(33)34)18(16)13-19-21(32)11-14(2)27(35)26(19)24/h6-7,9,11-12,17-18,24-25,31H,3-5,8,10,13H2,1-2H3,(H,33,34)/t17-,18+,24-,25-/m0/s1. The van der Waals surface area contributed by atoms with Crippen LogP contribution in [0.5, 0.6) is 11.5 Å². The molecule has 1 aliphatic heterocycles. The molecule has 1 aromatic carbocycles. The summed E-state index contributed by atoms with van der Waals surface area (Å²) >= 11 is 0. The maximum Gasteiger partial charge on any atom is 0.303 e. The number of fused-ring (bicyclic) bond motifs is 3. The Morgan fingerprint density at radius 2 is 1.89 bits per heavy atom. The fourth-order valence-electron chi connectivity index (χ4n) is 6.40. The van der Waals surface area contributed by atoms with Crippen LogP contribution in [0.25, 0.3) is 0 Å². The van der Waals surface area contributed by atoms with Crippen LogP contribution < -0.4 is 4.74 Å². The van der Waals surface area contributed by atoms with Gasteiger partial charge in [-0.05, 0) is 62.8 Å². The van der Waals surface area contributed by atoms with Crippen molar-refractivity contribution in [1.29, 1.82) is 0 Å². The summed E-state index contributed by atoms with van der Waals surface area (Å²) in [6.45, 7) is 3.74. The molecule has 2 amide bonds. The normalized spacial score (nSPS) is 26.5. The first-order valence-corrected chi connectivity index (χ1v) is 12.9. The van der Waals surface area contributed by atoms with Gasteiger partial charge in [0.05, 0.1) is 18.4 Å². The number of carboxylic acid groups (broad SMARTS) is 1. The number of carbonyl (C=O) groups is 5. The minimum Gasteiger partial charge on any atom is -0.504 e. The topological polar surface area (TPSA) is 138 Å². The lowest BCUT2D eigenvalue weighted by atomic mass is 9.59. The lowest BCUT2D eigenvalue weighted by Gasteiger charge is -2.42. The number of carboxylic acids is 1. The molecule has 1 aromatic rings. The van der Waals surface area contributed by atoms with E-state index < -0.39 is 29.6 Å². The van der Waals surface area contributed by atoms with Crippen LogP contribution in [0.15, 0.2) is 52.6 Å². The number of aromatic hydroxyl groups is 1. The fraction of sp³-hybridized carbons (Fsp3) is 0.414. The molecule has 9 heteroatoms. The first-order chi connectivity index (χ1) is 18.1. The van der Waals surface area contributed by atoms with E-state index in [1.807, 2.05) is 6.08 Å². The van der Waals surface area contributed by atoms with Crippen LogP contribution in [-0.4, -0.2) is 57.6 Å². The van der Waals surface area contributed by atoms with E-state index in [0.717, 1.165) is 5.57 Å². The highest BCUT2D eigenvalue weighted by Crippen LogP contribution is 2.55. The van der Waals surface area contributed by atoms with Crippen molar-refractivity contribution in [1.82, 2.24) is 4.90 Å². The molecular weight excluding hydrogens is 490 g/mol. The van der Waals surface area contributed by atoms with E-state index in [-0.39, 0.29) is 60.7 Å². The second-order valence-corrected chi connectivity index (χ2v) is 10.2. The van der Waals surface area contributed by atoms with Crippen molar-refractivity contribution in [2.75, 3.05) is 13.2 Å². The van der Waals surface area contributed by atoms with Gasteiger partial charge in [-0.15, -0.1) is 0 Å². The van der Waals surface area contributed by atoms with Crippen LogP contribution in [0.4, 0.5) is 0 Å². The van der Waals surface area contributed by atoms with Crippen molar-refractivity contribution in [3.8, 4) is 11.5 Å². The number of amides is 2. The Kier molecular flexibility index (Phi) is 6.54. The van der Waals surface area contributed by atoms with E-state index in [1.165, 1.54) is 17.0 Å².